The summed E-state index contributed by atoms with van der Waals surface area (Å²) in [5.74, 6) is -0.343. The summed E-state index contributed by atoms with van der Waals surface area (Å²) in [7, 11) is 0. The fraction of sp³-hybridized carbons (Fsp3) is 0.400. The maximum absolute atomic E-state index is 11.9. The molecule has 0 saturated carbocycles. The Hall–Kier alpha value is -1.27. The first-order valence-electron chi connectivity index (χ1n) is 4.98. The van der Waals surface area contributed by atoms with E-state index in [1.165, 1.54) is 11.3 Å². The van der Waals surface area contributed by atoms with Crippen LogP contribution in [0.3, 0.4) is 0 Å². The predicted molar refractivity (Wildman–Crippen MR) is 68.8 cm³/mol. The molecule has 4 N–H and O–H groups in total. The molecule has 1 heterocycles. The van der Waals surface area contributed by atoms with E-state index in [-0.39, 0.29) is 17.7 Å². The van der Waals surface area contributed by atoms with E-state index in [4.69, 9.17) is 22.5 Å². The lowest BCUT2D eigenvalue weighted by Gasteiger charge is -2.20. The highest BCUT2D eigenvalue weighted by Gasteiger charge is 2.22. The molecule has 94 valence electrons. The summed E-state index contributed by atoms with van der Waals surface area (Å²) >= 11 is 7.09. The van der Waals surface area contributed by atoms with Gasteiger partial charge in [-0.3, -0.25) is 4.79 Å². The molecule has 0 aliphatic carbocycles. The topological polar surface area (TPSA) is 87.7 Å². The number of hydrogen-bond donors (Lipinski definition) is 3. The van der Waals surface area contributed by atoms with Gasteiger partial charge in [0.05, 0.1) is 11.1 Å². The molecule has 0 fully saturated rings. The fourth-order valence-electron chi connectivity index (χ4n) is 1.31. The van der Waals surface area contributed by atoms with Gasteiger partial charge in [-0.1, -0.05) is 30.6 Å². The van der Waals surface area contributed by atoms with Crippen LogP contribution in [0.25, 0.3) is 0 Å². The van der Waals surface area contributed by atoms with E-state index in [0.29, 0.717) is 9.90 Å². The van der Waals surface area contributed by atoms with Gasteiger partial charge in [0.25, 0.3) is 5.91 Å². The van der Waals surface area contributed by atoms with Gasteiger partial charge in [-0.2, -0.15) is 0 Å². The maximum Gasteiger partial charge on any atom is 0.263 e. The molecule has 0 bridgehead atoms. The molecule has 1 rings (SSSR count). The van der Waals surface area contributed by atoms with Crippen molar-refractivity contribution >= 4 is 34.7 Å². The van der Waals surface area contributed by atoms with Crippen LogP contribution in [-0.2, 0) is 0 Å². The minimum atomic E-state index is -0.523. The smallest absolute Gasteiger partial charge is 0.263 e. The highest BCUT2D eigenvalue weighted by Crippen LogP contribution is 2.22. The third-order valence-electron chi connectivity index (χ3n) is 2.21. The van der Waals surface area contributed by atoms with Crippen molar-refractivity contribution in [3.8, 4) is 0 Å². The number of rotatable bonds is 4. The number of nitrogens with two attached hydrogens (primary N) is 1. The van der Waals surface area contributed by atoms with Crippen molar-refractivity contribution in [2.24, 2.45) is 16.8 Å². The molecule has 0 aliphatic rings. The molecule has 5 nitrogen and oxygen atoms in total. The van der Waals surface area contributed by atoms with Crippen molar-refractivity contribution in [2.75, 3.05) is 0 Å². The van der Waals surface area contributed by atoms with Crippen LogP contribution in [0.15, 0.2) is 16.6 Å². The molecule has 0 saturated heterocycles. The van der Waals surface area contributed by atoms with Gasteiger partial charge in [0.2, 0.25) is 0 Å². The summed E-state index contributed by atoms with van der Waals surface area (Å²) in [6.07, 6.45) is 0. The number of nitrogens with zero attached hydrogens (tertiary/aromatic N) is 1. The van der Waals surface area contributed by atoms with E-state index in [9.17, 15) is 4.79 Å². The van der Waals surface area contributed by atoms with Crippen molar-refractivity contribution in [3.63, 3.8) is 0 Å². The summed E-state index contributed by atoms with van der Waals surface area (Å²) in [6.45, 7) is 3.72. The second kappa shape index (κ2) is 5.88. The number of thiophene rings is 1. The second-order valence-corrected chi connectivity index (χ2v) is 5.14. The van der Waals surface area contributed by atoms with Crippen molar-refractivity contribution in [2.45, 2.75) is 19.9 Å². The van der Waals surface area contributed by atoms with Crippen LogP contribution < -0.4 is 11.1 Å². The van der Waals surface area contributed by atoms with Gasteiger partial charge in [-0.05, 0) is 17.4 Å². The largest absolute Gasteiger partial charge is 0.409 e. The van der Waals surface area contributed by atoms with Crippen molar-refractivity contribution in [3.05, 3.63) is 21.3 Å². The molecule has 1 amide bonds. The first-order valence-corrected chi connectivity index (χ1v) is 6.24. The SMILES string of the molecule is CC(C)C(NC(=O)c1sccc1Cl)/C(N)=N/O. The van der Waals surface area contributed by atoms with E-state index in [2.05, 4.69) is 10.5 Å². The third kappa shape index (κ3) is 3.34. The van der Waals surface area contributed by atoms with Gasteiger partial charge in [0, 0.05) is 0 Å². The summed E-state index contributed by atoms with van der Waals surface area (Å²) in [5.41, 5.74) is 5.51. The fourth-order valence-corrected chi connectivity index (χ4v) is 2.35. The minimum Gasteiger partial charge on any atom is -0.409 e. The van der Waals surface area contributed by atoms with Crippen LogP contribution >= 0.6 is 22.9 Å². The zero-order valence-corrected chi connectivity index (χ0v) is 11.0. The monoisotopic (exact) mass is 275 g/mol. The van der Waals surface area contributed by atoms with Gasteiger partial charge < -0.3 is 16.3 Å². The van der Waals surface area contributed by atoms with Crippen LogP contribution in [0.1, 0.15) is 23.5 Å². The Balaban J connectivity index is 2.82. The van der Waals surface area contributed by atoms with Gasteiger partial charge >= 0.3 is 0 Å². The standard InChI is InChI=1S/C10H14ClN3O2S/c1-5(2)7(9(12)14-16)13-10(15)8-6(11)3-4-17-8/h3-5,7,16H,1-2H3,(H2,12,14)(H,13,15). The Morgan fingerprint density at radius 3 is 2.71 bits per heavy atom. The first kappa shape index (κ1) is 13.8. The quantitative estimate of drug-likeness (QED) is 0.339. The number of oxime groups is 1. The summed E-state index contributed by atoms with van der Waals surface area (Å²) in [6, 6.07) is 1.13. The van der Waals surface area contributed by atoms with Crippen molar-refractivity contribution in [1.29, 1.82) is 0 Å². The number of halogens is 1. The van der Waals surface area contributed by atoms with Crippen molar-refractivity contribution < 1.29 is 10.0 Å². The summed E-state index contributed by atoms with van der Waals surface area (Å²) in [5, 5.41) is 16.4. The van der Waals surface area contributed by atoms with Gasteiger partial charge in [-0.25, -0.2) is 0 Å². The first-order chi connectivity index (χ1) is 7.97. The van der Waals surface area contributed by atoms with Gasteiger partial charge in [-0.15, -0.1) is 11.3 Å². The Kier molecular flexibility index (Phi) is 4.77. The van der Waals surface area contributed by atoms with E-state index >= 15 is 0 Å². The molecule has 1 aromatic heterocycles. The zero-order valence-electron chi connectivity index (χ0n) is 9.48. The van der Waals surface area contributed by atoms with E-state index in [1.54, 1.807) is 11.4 Å². The van der Waals surface area contributed by atoms with Crippen LogP contribution in [-0.4, -0.2) is 23.0 Å². The number of carbonyl (C=O) groups is 1. The van der Waals surface area contributed by atoms with E-state index < -0.39 is 6.04 Å². The van der Waals surface area contributed by atoms with Gasteiger partial charge in [0.1, 0.15) is 4.88 Å². The predicted octanol–water partition coefficient (Wildman–Crippen LogP) is 1.90. The number of amides is 1. The minimum absolute atomic E-state index is 0.00795. The molecular formula is C10H14ClN3O2S. The van der Waals surface area contributed by atoms with Crippen LogP contribution in [0.2, 0.25) is 5.02 Å². The van der Waals surface area contributed by atoms with E-state index in [1.807, 2.05) is 13.8 Å². The van der Waals surface area contributed by atoms with Crippen LogP contribution in [0.5, 0.6) is 0 Å². The molecule has 1 unspecified atom stereocenters. The maximum atomic E-state index is 11.9. The number of nitrogens with one attached hydrogen (secondary N) is 1. The van der Waals surface area contributed by atoms with Crippen molar-refractivity contribution in [1.82, 2.24) is 5.32 Å². The Bertz CT molecular complexity index is 431. The summed E-state index contributed by atoms with van der Waals surface area (Å²) < 4.78 is 0. The average Bonchev–Trinajstić information content (AvgIpc) is 2.70. The molecule has 17 heavy (non-hydrogen) atoms. The average molecular weight is 276 g/mol. The van der Waals surface area contributed by atoms with Gasteiger partial charge in [0.15, 0.2) is 5.84 Å². The van der Waals surface area contributed by atoms with Crippen LogP contribution in [0.4, 0.5) is 0 Å². The molecule has 1 aromatic rings. The molecule has 0 aromatic carbocycles. The lowest BCUT2D eigenvalue weighted by atomic mass is 10.0. The summed E-state index contributed by atoms with van der Waals surface area (Å²) in [4.78, 5) is 12.3. The molecule has 7 heteroatoms. The molecule has 0 spiro atoms. The molecular weight excluding hydrogens is 262 g/mol. The highest BCUT2D eigenvalue weighted by atomic mass is 35.5. The third-order valence-corrected chi connectivity index (χ3v) is 3.55. The van der Waals surface area contributed by atoms with Crippen LogP contribution in [0, 0.1) is 5.92 Å². The lowest BCUT2D eigenvalue weighted by Crippen LogP contribution is -2.47. The zero-order chi connectivity index (χ0) is 13.0. The Morgan fingerprint density at radius 1 is 1.65 bits per heavy atom. The molecule has 1 atom stereocenters. The number of hydrogen-bond acceptors (Lipinski definition) is 4. The molecule has 0 radical (unpaired) electrons. The van der Waals surface area contributed by atoms with E-state index in [0.717, 1.165) is 0 Å². The Labute approximate surface area is 108 Å². The second-order valence-electron chi connectivity index (χ2n) is 3.82. The highest BCUT2D eigenvalue weighted by molar-refractivity contribution is 7.12. The number of carbonyl (C=O) groups excluding carboxylic acids is 1. The Morgan fingerprint density at radius 2 is 2.29 bits per heavy atom. The normalized spacial score (nSPS) is 13.8. The lowest BCUT2D eigenvalue weighted by molar-refractivity contribution is 0.0943. The molecule has 0 aliphatic heterocycles. The number of amidine groups is 1.